The summed E-state index contributed by atoms with van der Waals surface area (Å²) in [5.41, 5.74) is -2.00. The number of imidazole rings is 1. The third-order valence-electron chi connectivity index (χ3n) is 5.43. The van der Waals surface area contributed by atoms with E-state index in [1.807, 2.05) is 20.8 Å². The second-order valence-electron chi connectivity index (χ2n) is 10.8. The molecule has 1 aromatic carbocycles. The summed E-state index contributed by atoms with van der Waals surface area (Å²) >= 11 is 0. The van der Waals surface area contributed by atoms with Crippen LogP contribution in [-0.2, 0) is 19.7 Å². The monoisotopic (exact) mass is 505 g/mol. The van der Waals surface area contributed by atoms with Gasteiger partial charge >= 0.3 is 6.16 Å². The van der Waals surface area contributed by atoms with Gasteiger partial charge in [-0.15, -0.1) is 0 Å². The van der Waals surface area contributed by atoms with Crippen LogP contribution in [0.2, 0.25) is 0 Å². The zero-order chi connectivity index (χ0) is 26.7. The Hall–Kier alpha value is -3.10. The second-order valence-corrected chi connectivity index (χ2v) is 10.8. The summed E-state index contributed by atoms with van der Waals surface area (Å²) in [6, 6.07) is 2.48. The van der Waals surface area contributed by atoms with Crippen LogP contribution in [0.15, 0.2) is 11.1 Å². The van der Waals surface area contributed by atoms with Gasteiger partial charge < -0.3 is 18.8 Å². The normalized spacial score (nSPS) is 15.7. The molecule has 1 aromatic heterocycles. The van der Waals surface area contributed by atoms with Gasteiger partial charge in [-0.2, -0.15) is 10.3 Å². The van der Waals surface area contributed by atoms with Crippen molar-refractivity contribution in [2.24, 2.45) is 10.4 Å². The molecule has 11 heteroatoms. The van der Waals surface area contributed by atoms with Crippen LogP contribution < -0.4 is 0 Å². The van der Waals surface area contributed by atoms with Gasteiger partial charge in [0, 0.05) is 31.6 Å². The molecule has 0 saturated carbocycles. The van der Waals surface area contributed by atoms with Crippen LogP contribution in [-0.4, -0.2) is 66.0 Å². The van der Waals surface area contributed by atoms with Gasteiger partial charge in [0.25, 0.3) is 0 Å². The first-order valence-electron chi connectivity index (χ1n) is 11.8. The molecular weight excluding hydrogens is 472 g/mol. The number of morpholine rings is 1. The summed E-state index contributed by atoms with van der Waals surface area (Å²) in [5.74, 6) is -1.78. The summed E-state index contributed by atoms with van der Waals surface area (Å²) in [5, 5.41) is 9.23. The van der Waals surface area contributed by atoms with Gasteiger partial charge in [0.05, 0.1) is 18.8 Å². The van der Waals surface area contributed by atoms with Crippen LogP contribution in [0, 0.1) is 28.4 Å². The van der Waals surface area contributed by atoms with E-state index in [0.717, 1.165) is 19.2 Å². The van der Waals surface area contributed by atoms with E-state index in [9.17, 15) is 14.4 Å². The smallest absolute Gasteiger partial charge is 0.433 e. The van der Waals surface area contributed by atoms with Crippen molar-refractivity contribution in [3.05, 3.63) is 23.3 Å². The van der Waals surface area contributed by atoms with E-state index in [4.69, 9.17) is 14.2 Å². The zero-order valence-corrected chi connectivity index (χ0v) is 21.7. The SMILES string of the molecule is CC(C)(C)C/C(=N/c1nc2c(F)cc(C#N)c(F)c2n1C(C)(C)C)OC(=O)OCCN1CCOCC1. The highest BCUT2D eigenvalue weighted by Crippen LogP contribution is 2.34. The highest BCUT2D eigenvalue weighted by Gasteiger charge is 2.29. The molecule has 0 spiro atoms. The Morgan fingerprint density at radius 1 is 1.22 bits per heavy atom. The number of halogens is 2. The lowest BCUT2D eigenvalue weighted by Gasteiger charge is -2.26. The summed E-state index contributed by atoms with van der Waals surface area (Å²) in [6.07, 6.45) is -0.693. The molecular formula is C25H33F2N5O4. The van der Waals surface area contributed by atoms with Gasteiger partial charge in [-0.3, -0.25) is 4.90 Å². The Morgan fingerprint density at radius 3 is 2.47 bits per heavy atom. The maximum atomic E-state index is 15.1. The number of rotatable bonds is 5. The number of benzene rings is 1. The lowest BCUT2D eigenvalue weighted by Crippen LogP contribution is -2.38. The molecule has 0 bridgehead atoms. The van der Waals surface area contributed by atoms with Crippen LogP contribution in [0.4, 0.5) is 19.5 Å². The molecule has 36 heavy (non-hydrogen) atoms. The lowest BCUT2D eigenvalue weighted by atomic mass is 9.92. The summed E-state index contributed by atoms with van der Waals surface area (Å²) in [6.45, 7) is 14.6. The Balaban J connectivity index is 1.95. The summed E-state index contributed by atoms with van der Waals surface area (Å²) in [7, 11) is 0. The van der Waals surface area contributed by atoms with Crippen molar-refractivity contribution in [1.82, 2.24) is 14.5 Å². The van der Waals surface area contributed by atoms with E-state index in [-0.39, 0.29) is 41.3 Å². The van der Waals surface area contributed by atoms with Gasteiger partial charge in [-0.05, 0) is 32.3 Å². The van der Waals surface area contributed by atoms with E-state index in [1.54, 1.807) is 26.8 Å². The first kappa shape index (κ1) is 27.5. The molecule has 2 aromatic rings. The van der Waals surface area contributed by atoms with Crippen molar-refractivity contribution in [1.29, 1.82) is 5.26 Å². The Bertz CT molecular complexity index is 1180. The van der Waals surface area contributed by atoms with Crippen molar-refractivity contribution < 1.29 is 27.8 Å². The fourth-order valence-corrected chi connectivity index (χ4v) is 3.83. The molecule has 0 radical (unpaired) electrons. The molecule has 0 amide bonds. The highest BCUT2D eigenvalue weighted by atomic mass is 19.1. The summed E-state index contributed by atoms with van der Waals surface area (Å²) < 4.78 is 47.3. The zero-order valence-electron chi connectivity index (χ0n) is 21.7. The quantitative estimate of drug-likeness (QED) is 0.324. The van der Waals surface area contributed by atoms with E-state index in [0.29, 0.717) is 19.8 Å². The van der Waals surface area contributed by atoms with Crippen LogP contribution in [0.5, 0.6) is 0 Å². The first-order valence-corrected chi connectivity index (χ1v) is 11.8. The largest absolute Gasteiger partial charge is 0.514 e. The number of carbonyl (C=O) groups is 1. The lowest BCUT2D eigenvalue weighted by molar-refractivity contribution is 0.0233. The third-order valence-corrected chi connectivity index (χ3v) is 5.43. The number of carbonyl (C=O) groups excluding carboxylic acids is 1. The predicted octanol–water partition coefficient (Wildman–Crippen LogP) is 4.89. The number of nitriles is 1. The van der Waals surface area contributed by atoms with E-state index in [1.165, 1.54) is 4.57 Å². The van der Waals surface area contributed by atoms with Gasteiger partial charge in [0.15, 0.2) is 11.6 Å². The molecule has 0 aliphatic carbocycles. The van der Waals surface area contributed by atoms with Crippen molar-refractivity contribution in [2.45, 2.75) is 53.5 Å². The average Bonchev–Trinajstić information content (AvgIpc) is 3.16. The number of aliphatic imine (C=N–C) groups is 1. The molecule has 3 rings (SSSR count). The fourth-order valence-electron chi connectivity index (χ4n) is 3.83. The minimum Gasteiger partial charge on any atom is -0.433 e. The summed E-state index contributed by atoms with van der Waals surface area (Å²) in [4.78, 5) is 23.2. The first-order chi connectivity index (χ1) is 16.8. The van der Waals surface area contributed by atoms with Crippen molar-refractivity contribution in [3.63, 3.8) is 0 Å². The maximum absolute atomic E-state index is 15.1. The molecule has 9 nitrogen and oxygen atoms in total. The maximum Gasteiger partial charge on any atom is 0.514 e. The number of hydrogen-bond donors (Lipinski definition) is 0. The third kappa shape index (κ3) is 6.77. The number of ether oxygens (including phenoxy) is 3. The molecule has 1 aliphatic rings. The second kappa shape index (κ2) is 10.9. The number of fused-ring (bicyclic) bond motifs is 1. The Morgan fingerprint density at radius 2 is 1.89 bits per heavy atom. The minimum atomic E-state index is -0.922. The topological polar surface area (TPSA) is 102 Å². The van der Waals surface area contributed by atoms with Crippen molar-refractivity contribution >= 4 is 29.0 Å². The average molecular weight is 506 g/mol. The van der Waals surface area contributed by atoms with E-state index >= 15 is 4.39 Å². The standard InChI is InChI=1S/C25H33F2N5O4/c1-24(2,3)14-18(36-23(33)35-12-9-31-7-10-34-11-8-31)29-22-30-20-17(26)13-16(15-28)19(27)21(20)32(22)25(4,5)6/h13H,7-12,14H2,1-6H3/b29-18-. The van der Waals surface area contributed by atoms with Crippen molar-refractivity contribution in [3.8, 4) is 6.07 Å². The number of hydrogen-bond acceptors (Lipinski definition) is 8. The minimum absolute atomic E-state index is 0.000927. The Kier molecular flexibility index (Phi) is 8.31. The fraction of sp³-hybridized carbons (Fsp3) is 0.600. The van der Waals surface area contributed by atoms with E-state index < -0.39 is 28.9 Å². The molecule has 1 saturated heterocycles. The van der Waals surface area contributed by atoms with Gasteiger partial charge in [0.2, 0.25) is 11.8 Å². The predicted molar refractivity (Wildman–Crippen MR) is 130 cm³/mol. The van der Waals surface area contributed by atoms with Crippen LogP contribution in [0.25, 0.3) is 11.0 Å². The molecule has 2 heterocycles. The van der Waals surface area contributed by atoms with Crippen LogP contribution in [0.3, 0.4) is 0 Å². The van der Waals surface area contributed by atoms with Gasteiger partial charge in [-0.25, -0.2) is 18.6 Å². The van der Waals surface area contributed by atoms with Crippen molar-refractivity contribution in [2.75, 3.05) is 39.5 Å². The molecule has 1 fully saturated rings. The van der Waals surface area contributed by atoms with Crippen LogP contribution >= 0.6 is 0 Å². The number of aromatic nitrogens is 2. The van der Waals surface area contributed by atoms with Gasteiger partial charge in [-0.1, -0.05) is 20.8 Å². The van der Waals surface area contributed by atoms with Gasteiger partial charge in [0.1, 0.15) is 23.7 Å². The molecule has 196 valence electrons. The molecule has 0 unspecified atom stereocenters. The number of nitrogens with zero attached hydrogens (tertiary/aromatic N) is 5. The Labute approximate surface area is 209 Å². The molecule has 0 N–H and O–H groups in total. The highest BCUT2D eigenvalue weighted by molar-refractivity contribution is 5.89. The molecule has 0 atom stereocenters. The van der Waals surface area contributed by atoms with E-state index in [2.05, 4.69) is 14.9 Å². The van der Waals surface area contributed by atoms with Crippen LogP contribution in [0.1, 0.15) is 53.5 Å². The molecule has 1 aliphatic heterocycles.